The van der Waals surface area contributed by atoms with Gasteiger partial charge < -0.3 is 4.90 Å². The maximum absolute atomic E-state index is 3.91. The Labute approximate surface area is 72.9 Å². The Hall–Kier alpha value is -0.770. The largest absolute Gasteiger partial charge is 0.344 e. The predicted octanol–water partition coefficient (Wildman–Crippen LogP) is 1.39. The van der Waals surface area contributed by atoms with E-state index in [4.69, 9.17) is 0 Å². The van der Waals surface area contributed by atoms with Gasteiger partial charge in [0.2, 0.25) is 0 Å². The first-order valence-corrected chi connectivity index (χ1v) is 3.62. The quantitative estimate of drug-likeness (QED) is 0.386. The molecule has 0 spiro atoms. The van der Waals surface area contributed by atoms with Gasteiger partial charge in [-0.2, -0.15) is 0 Å². The van der Waals surface area contributed by atoms with Gasteiger partial charge in [-0.1, -0.05) is 6.58 Å². The fourth-order valence-corrected chi connectivity index (χ4v) is 0.435. The summed E-state index contributed by atoms with van der Waals surface area (Å²) >= 11 is 3.91. The number of hydrogen-bond donors (Lipinski definition) is 1. The molecule has 0 aliphatic rings. The molecule has 0 aliphatic carbocycles. The SMILES string of the molecule is C=NC(C)N(C)/C=N\C(=C)S. The minimum absolute atomic E-state index is 0.0337. The van der Waals surface area contributed by atoms with E-state index in [-0.39, 0.29) is 6.17 Å². The lowest BCUT2D eigenvalue weighted by Crippen LogP contribution is -2.25. The monoisotopic (exact) mass is 171 g/mol. The first-order chi connectivity index (χ1) is 5.07. The third kappa shape index (κ3) is 4.61. The van der Waals surface area contributed by atoms with Crippen molar-refractivity contribution in [1.29, 1.82) is 0 Å². The average Bonchev–Trinajstić information content (AvgIpc) is 1.98. The number of aliphatic imine (C=N–C) groups is 2. The molecule has 0 aromatic rings. The van der Waals surface area contributed by atoms with Crippen LogP contribution in [0, 0.1) is 0 Å². The van der Waals surface area contributed by atoms with Crippen LogP contribution in [0.15, 0.2) is 21.6 Å². The van der Waals surface area contributed by atoms with Crippen LogP contribution < -0.4 is 0 Å². The molecule has 0 heterocycles. The molecule has 0 saturated carbocycles. The van der Waals surface area contributed by atoms with Gasteiger partial charge in [0.05, 0.1) is 11.4 Å². The summed E-state index contributed by atoms with van der Waals surface area (Å²) in [5.74, 6) is 0. The Morgan fingerprint density at radius 3 is 2.64 bits per heavy atom. The van der Waals surface area contributed by atoms with Gasteiger partial charge in [-0.25, -0.2) is 4.99 Å². The Bertz CT molecular complexity index is 177. The van der Waals surface area contributed by atoms with Crippen molar-refractivity contribution >= 4 is 25.7 Å². The lowest BCUT2D eigenvalue weighted by atomic mass is 10.5. The van der Waals surface area contributed by atoms with Gasteiger partial charge in [0.25, 0.3) is 0 Å². The molecular weight excluding hydrogens is 158 g/mol. The van der Waals surface area contributed by atoms with E-state index in [1.54, 1.807) is 6.34 Å². The predicted molar refractivity (Wildman–Crippen MR) is 53.4 cm³/mol. The Morgan fingerprint density at radius 1 is 1.73 bits per heavy atom. The van der Waals surface area contributed by atoms with Crippen LogP contribution in [-0.2, 0) is 0 Å². The number of nitrogens with zero attached hydrogens (tertiary/aromatic N) is 3. The van der Waals surface area contributed by atoms with Gasteiger partial charge in [-0.05, 0) is 13.6 Å². The maximum atomic E-state index is 3.91. The Morgan fingerprint density at radius 2 is 2.27 bits per heavy atom. The molecule has 11 heavy (non-hydrogen) atoms. The Balaban J connectivity index is 3.94. The number of thiol groups is 1. The highest BCUT2D eigenvalue weighted by Crippen LogP contribution is 1.97. The van der Waals surface area contributed by atoms with E-state index in [0.29, 0.717) is 5.03 Å². The third-order valence-corrected chi connectivity index (χ3v) is 1.36. The number of rotatable bonds is 4. The summed E-state index contributed by atoms with van der Waals surface area (Å²) in [6.45, 7) is 8.84. The fourth-order valence-electron chi connectivity index (χ4n) is 0.383. The molecular formula is C7H13N3S. The van der Waals surface area contributed by atoms with Crippen molar-refractivity contribution in [2.45, 2.75) is 13.1 Å². The van der Waals surface area contributed by atoms with E-state index in [0.717, 1.165) is 0 Å². The minimum atomic E-state index is 0.0337. The molecule has 0 aromatic carbocycles. The van der Waals surface area contributed by atoms with Crippen LogP contribution in [0.5, 0.6) is 0 Å². The standard InChI is InChI=1S/C7H13N3S/c1-6(8-3)10(4)5-9-7(2)11/h5-6,11H,2-3H2,1,4H3/b9-5-. The lowest BCUT2D eigenvalue weighted by molar-refractivity contribution is 0.416. The zero-order valence-electron chi connectivity index (χ0n) is 6.86. The summed E-state index contributed by atoms with van der Waals surface area (Å²) in [6.07, 6.45) is 1.65. The highest BCUT2D eigenvalue weighted by atomic mass is 32.1. The minimum Gasteiger partial charge on any atom is -0.344 e. The molecule has 0 N–H and O–H groups in total. The van der Waals surface area contributed by atoms with Crippen LogP contribution in [0.1, 0.15) is 6.92 Å². The summed E-state index contributed by atoms with van der Waals surface area (Å²) in [5.41, 5.74) is 0. The summed E-state index contributed by atoms with van der Waals surface area (Å²) in [7, 11) is 1.86. The first kappa shape index (κ1) is 10.2. The van der Waals surface area contributed by atoms with E-state index in [2.05, 4.69) is 35.9 Å². The number of hydrogen-bond acceptors (Lipinski definition) is 3. The van der Waals surface area contributed by atoms with Crippen LogP contribution in [0.2, 0.25) is 0 Å². The molecule has 0 aromatic heterocycles. The van der Waals surface area contributed by atoms with Crippen molar-refractivity contribution < 1.29 is 0 Å². The average molecular weight is 171 g/mol. The van der Waals surface area contributed by atoms with Crippen molar-refractivity contribution in [1.82, 2.24) is 4.90 Å². The van der Waals surface area contributed by atoms with E-state index in [1.807, 2.05) is 18.9 Å². The van der Waals surface area contributed by atoms with Crippen molar-refractivity contribution in [3.8, 4) is 0 Å². The van der Waals surface area contributed by atoms with Gasteiger partial charge in [0, 0.05) is 7.05 Å². The second-order valence-electron chi connectivity index (χ2n) is 2.14. The smallest absolute Gasteiger partial charge is 0.117 e. The van der Waals surface area contributed by atoms with Crippen molar-refractivity contribution in [3.05, 3.63) is 11.6 Å². The van der Waals surface area contributed by atoms with Crippen molar-refractivity contribution in [2.24, 2.45) is 9.98 Å². The molecule has 1 unspecified atom stereocenters. The maximum Gasteiger partial charge on any atom is 0.117 e. The van der Waals surface area contributed by atoms with Crippen LogP contribution in [-0.4, -0.2) is 31.2 Å². The molecule has 0 radical (unpaired) electrons. The normalized spacial score (nSPS) is 13.0. The molecule has 0 fully saturated rings. The second-order valence-corrected chi connectivity index (χ2v) is 2.66. The van der Waals surface area contributed by atoms with Gasteiger partial charge >= 0.3 is 0 Å². The molecule has 1 atom stereocenters. The molecule has 0 bridgehead atoms. The summed E-state index contributed by atoms with van der Waals surface area (Å²) in [6, 6.07) is 0. The van der Waals surface area contributed by atoms with Gasteiger partial charge in [0.1, 0.15) is 6.17 Å². The lowest BCUT2D eigenvalue weighted by Gasteiger charge is -2.16. The summed E-state index contributed by atoms with van der Waals surface area (Å²) in [5, 5.41) is 0.480. The Kier molecular flexibility index (Phi) is 4.61. The molecule has 0 saturated heterocycles. The van der Waals surface area contributed by atoms with E-state index >= 15 is 0 Å². The summed E-state index contributed by atoms with van der Waals surface area (Å²) in [4.78, 5) is 9.49. The van der Waals surface area contributed by atoms with Gasteiger partial charge in [-0.3, -0.25) is 4.99 Å². The molecule has 0 rings (SSSR count). The highest BCUT2D eigenvalue weighted by Gasteiger charge is 1.98. The van der Waals surface area contributed by atoms with Gasteiger partial charge in [0.15, 0.2) is 0 Å². The second kappa shape index (κ2) is 4.96. The topological polar surface area (TPSA) is 28.0 Å². The highest BCUT2D eigenvalue weighted by molar-refractivity contribution is 7.84. The van der Waals surface area contributed by atoms with Crippen molar-refractivity contribution in [3.63, 3.8) is 0 Å². The van der Waals surface area contributed by atoms with Crippen LogP contribution >= 0.6 is 12.6 Å². The molecule has 0 amide bonds. The molecule has 4 heteroatoms. The third-order valence-electron chi connectivity index (χ3n) is 1.24. The molecule has 3 nitrogen and oxygen atoms in total. The zero-order valence-corrected chi connectivity index (χ0v) is 7.75. The zero-order chi connectivity index (χ0) is 8.85. The van der Waals surface area contributed by atoms with Crippen molar-refractivity contribution in [2.75, 3.05) is 7.05 Å². The first-order valence-electron chi connectivity index (χ1n) is 3.17. The van der Waals surface area contributed by atoms with Crippen LogP contribution in [0.25, 0.3) is 0 Å². The van der Waals surface area contributed by atoms with E-state index in [1.165, 1.54) is 0 Å². The summed E-state index contributed by atoms with van der Waals surface area (Å²) < 4.78 is 0. The fraction of sp³-hybridized carbons (Fsp3) is 0.429. The van der Waals surface area contributed by atoms with E-state index < -0.39 is 0 Å². The van der Waals surface area contributed by atoms with Crippen LogP contribution in [0.3, 0.4) is 0 Å². The van der Waals surface area contributed by atoms with E-state index in [9.17, 15) is 0 Å². The molecule has 0 aliphatic heterocycles. The van der Waals surface area contributed by atoms with Gasteiger partial charge in [-0.15, -0.1) is 12.6 Å². The van der Waals surface area contributed by atoms with Crippen LogP contribution in [0.4, 0.5) is 0 Å². The molecule has 62 valence electrons.